The van der Waals surface area contributed by atoms with Crippen LogP contribution in [-0.4, -0.2) is 23.8 Å². The summed E-state index contributed by atoms with van der Waals surface area (Å²) < 4.78 is 4.87. The molecule has 0 aromatic rings. The molecular weight excluding hydrogens is 214 g/mol. The maximum Gasteiger partial charge on any atom is 0.339 e. The van der Waals surface area contributed by atoms with Crippen molar-refractivity contribution in [2.45, 2.75) is 32.2 Å². The van der Waals surface area contributed by atoms with Gasteiger partial charge < -0.3 is 4.74 Å². The summed E-state index contributed by atoms with van der Waals surface area (Å²) in [4.78, 5) is 15.1. The SMILES string of the molecule is C/C=C(\C=NC1(Cl)CC1C)C(=O)OCC. The van der Waals surface area contributed by atoms with E-state index in [9.17, 15) is 4.79 Å². The first-order valence-electron chi connectivity index (χ1n) is 5.11. The second-order valence-corrected chi connectivity index (χ2v) is 4.30. The monoisotopic (exact) mass is 229 g/mol. The lowest BCUT2D eigenvalue weighted by atomic mass is 10.3. The number of esters is 1. The van der Waals surface area contributed by atoms with Crippen molar-refractivity contribution in [1.29, 1.82) is 0 Å². The number of rotatable bonds is 4. The van der Waals surface area contributed by atoms with Gasteiger partial charge in [0.05, 0.1) is 12.2 Å². The fourth-order valence-electron chi connectivity index (χ4n) is 1.19. The Kier molecular flexibility index (Phi) is 3.91. The van der Waals surface area contributed by atoms with Crippen LogP contribution in [-0.2, 0) is 9.53 Å². The van der Waals surface area contributed by atoms with Crippen LogP contribution in [0.4, 0.5) is 0 Å². The minimum Gasteiger partial charge on any atom is -0.462 e. The van der Waals surface area contributed by atoms with Gasteiger partial charge in [-0.1, -0.05) is 24.6 Å². The molecule has 2 atom stereocenters. The summed E-state index contributed by atoms with van der Waals surface area (Å²) in [6.45, 7) is 5.94. The molecule has 0 aromatic heterocycles. The molecule has 1 saturated carbocycles. The van der Waals surface area contributed by atoms with Gasteiger partial charge in [0, 0.05) is 6.21 Å². The molecule has 1 rings (SSSR count). The number of aliphatic imine (C=N–C) groups is 1. The van der Waals surface area contributed by atoms with Crippen LogP contribution in [0, 0.1) is 5.92 Å². The number of alkyl halides is 1. The molecule has 84 valence electrons. The molecule has 0 radical (unpaired) electrons. The summed E-state index contributed by atoms with van der Waals surface area (Å²) in [7, 11) is 0. The molecule has 0 aromatic carbocycles. The Hall–Kier alpha value is -0.830. The fraction of sp³-hybridized carbons (Fsp3) is 0.636. The van der Waals surface area contributed by atoms with Gasteiger partial charge in [-0.05, 0) is 26.2 Å². The van der Waals surface area contributed by atoms with E-state index in [1.54, 1.807) is 19.9 Å². The van der Waals surface area contributed by atoms with Gasteiger partial charge in [-0.3, -0.25) is 4.99 Å². The van der Waals surface area contributed by atoms with E-state index in [0.717, 1.165) is 6.42 Å². The molecule has 0 bridgehead atoms. The van der Waals surface area contributed by atoms with Gasteiger partial charge in [0.2, 0.25) is 0 Å². The van der Waals surface area contributed by atoms with E-state index in [1.807, 2.05) is 6.92 Å². The number of hydrogen-bond acceptors (Lipinski definition) is 3. The van der Waals surface area contributed by atoms with Crippen LogP contribution in [0.3, 0.4) is 0 Å². The van der Waals surface area contributed by atoms with Crippen molar-refractivity contribution >= 4 is 23.8 Å². The summed E-state index contributed by atoms with van der Waals surface area (Å²) in [6.07, 6.45) is 4.05. The predicted molar refractivity (Wildman–Crippen MR) is 61.2 cm³/mol. The average molecular weight is 230 g/mol. The van der Waals surface area contributed by atoms with Gasteiger partial charge in [0.1, 0.15) is 5.00 Å². The van der Waals surface area contributed by atoms with Crippen molar-refractivity contribution in [2.24, 2.45) is 10.9 Å². The van der Waals surface area contributed by atoms with Gasteiger partial charge in [0.25, 0.3) is 0 Å². The number of hydrogen-bond donors (Lipinski definition) is 0. The third-order valence-corrected chi connectivity index (χ3v) is 3.05. The maximum absolute atomic E-state index is 11.4. The molecule has 1 aliphatic carbocycles. The minimum atomic E-state index is -0.485. The molecule has 0 heterocycles. The fourth-order valence-corrected chi connectivity index (χ4v) is 1.47. The highest BCUT2D eigenvalue weighted by molar-refractivity contribution is 6.26. The smallest absolute Gasteiger partial charge is 0.339 e. The lowest BCUT2D eigenvalue weighted by molar-refractivity contribution is -0.137. The molecule has 2 unspecified atom stereocenters. The van der Waals surface area contributed by atoms with Crippen LogP contribution < -0.4 is 0 Å². The number of allylic oxidation sites excluding steroid dienone is 1. The highest BCUT2D eigenvalue weighted by Crippen LogP contribution is 2.50. The van der Waals surface area contributed by atoms with Gasteiger partial charge in [0.15, 0.2) is 0 Å². The topological polar surface area (TPSA) is 38.7 Å². The molecule has 4 heteroatoms. The zero-order chi connectivity index (χ0) is 11.5. The lowest BCUT2D eigenvalue weighted by Gasteiger charge is -2.02. The van der Waals surface area contributed by atoms with Gasteiger partial charge in [-0.15, -0.1) is 0 Å². The van der Waals surface area contributed by atoms with Crippen LogP contribution in [0.15, 0.2) is 16.6 Å². The number of carbonyl (C=O) groups excluding carboxylic acids is 1. The zero-order valence-corrected chi connectivity index (χ0v) is 10.0. The summed E-state index contributed by atoms with van der Waals surface area (Å²) in [5.41, 5.74) is 0.455. The van der Waals surface area contributed by atoms with E-state index in [-0.39, 0.29) is 5.97 Å². The molecule has 1 fully saturated rings. The van der Waals surface area contributed by atoms with E-state index in [2.05, 4.69) is 4.99 Å². The summed E-state index contributed by atoms with van der Waals surface area (Å²) in [5.74, 6) is 0.0352. The average Bonchev–Trinajstić information content (AvgIpc) is 2.76. The van der Waals surface area contributed by atoms with Crippen molar-refractivity contribution in [3.05, 3.63) is 11.6 Å². The van der Waals surface area contributed by atoms with Crippen LogP contribution in [0.1, 0.15) is 27.2 Å². The molecular formula is C11H16ClNO2. The van der Waals surface area contributed by atoms with Crippen LogP contribution in [0.2, 0.25) is 0 Å². The van der Waals surface area contributed by atoms with Crippen LogP contribution in [0.5, 0.6) is 0 Å². The Morgan fingerprint density at radius 2 is 2.33 bits per heavy atom. The van der Waals surface area contributed by atoms with Crippen LogP contribution in [0.25, 0.3) is 0 Å². The first-order chi connectivity index (χ1) is 7.03. The largest absolute Gasteiger partial charge is 0.462 e. The van der Waals surface area contributed by atoms with E-state index in [4.69, 9.17) is 16.3 Å². The second-order valence-electron chi connectivity index (χ2n) is 3.65. The minimum absolute atomic E-state index is 0.350. The standard InChI is InChI=1S/C11H16ClNO2/c1-4-9(10(14)15-5-2)7-13-11(12)6-8(11)3/h4,7-8H,5-6H2,1-3H3/b9-4+,13-7?. The molecule has 0 N–H and O–H groups in total. The van der Waals surface area contributed by atoms with E-state index in [0.29, 0.717) is 18.1 Å². The molecule has 3 nitrogen and oxygen atoms in total. The van der Waals surface area contributed by atoms with Gasteiger partial charge >= 0.3 is 5.97 Å². The number of ether oxygens (including phenoxy) is 1. The number of carbonyl (C=O) groups is 1. The first kappa shape index (κ1) is 12.2. The second kappa shape index (κ2) is 4.79. The van der Waals surface area contributed by atoms with E-state index in [1.165, 1.54) is 6.21 Å². The summed E-state index contributed by atoms with van der Waals surface area (Å²) in [5, 5.41) is 0. The quantitative estimate of drug-likeness (QED) is 0.244. The molecule has 0 spiro atoms. The van der Waals surface area contributed by atoms with Crippen molar-refractivity contribution in [3.63, 3.8) is 0 Å². The number of nitrogens with zero attached hydrogens (tertiary/aromatic N) is 1. The third-order valence-electron chi connectivity index (χ3n) is 2.43. The Bertz CT molecular complexity index is 312. The van der Waals surface area contributed by atoms with Gasteiger partial charge in [-0.2, -0.15) is 0 Å². The summed E-state index contributed by atoms with van der Waals surface area (Å²) in [6, 6.07) is 0. The number of halogens is 1. The van der Waals surface area contributed by atoms with Crippen molar-refractivity contribution in [1.82, 2.24) is 0 Å². The van der Waals surface area contributed by atoms with E-state index < -0.39 is 5.00 Å². The Balaban J connectivity index is 2.59. The highest BCUT2D eigenvalue weighted by Gasteiger charge is 2.49. The molecule has 0 aliphatic heterocycles. The maximum atomic E-state index is 11.4. The predicted octanol–water partition coefficient (Wildman–Crippen LogP) is 2.54. The molecule has 0 amide bonds. The van der Waals surface area contributed by atoms with Crippen LogP contribution >= 0.6 is 11.6 Å². The van der Waals surface area contributed by atoms with Gasteiger partial charge in [-0.25, -0.2) is 4.79 Å². The molecule has 0 saturated heterocycles. The normalized spacial score (nSPS) is 30.7. The first-order valence-corrected chi connectivity index (χ1v) is 5.49. The zero-order valence-electron chi connectivity index (χ0n) is 9.29. The third kappa shape index (κ3) is 3.06. The lowest BCUT2D eigenvalue weighted by Crippen LogP contribution is -2.09. The van der Waals surface area contributed by atoms with Crippen molar-refractivity contribution in [2.75, 3.05) is 6.61 Å². The Morgan fingerprint density at radius 1 is 1.73 bits per heavy atom. The van der Waals surface area contributed by atoms with Crippen molar-refractivity contribution < 1.29 is 9.53 Å². The molecule has 1 aliphatic rings. The highest BCUT2D eigenvalue weighted by atomic mass is 35.5. The van der Waals surface area contributed by atoms with E-state index >= 15 is 0 Å². The molecule has 15 heavy (non-hydrogen) atoms. The van der Waals surface area contributed by atoms with Crippen molar-refractivity contribution in [3.8, 4) is 0 Å². The Morgan fingerprint density at radius 3 is 2.73 bits per heavy atom. The summed E-state index contributed by atoms with van der Waals surface area (Å²) >= 11 is 6.10. The Labute approximate surface area is 95.2 Å².